The number of nitrogens with zero attached hydrogens (tertiary/aromatic N) is 1. The monoisotopic (exact) mass is 164 g/mol. The highest BCUT2D eigenvalue weighted by Crippen LogP contribution is 1.98. The van der Waals surface area contributed by atoms with E-state index in [4.69, 9.17) is 5.73 Å². The SMILES string of the molecule is NC(=O)c1ccc(CC=O)nc1. The van der Waals surface area contributed by atoms with Gasteiger partial charge in [0, 0.05) is 18.3 Å². The van der Waals surface area contributed by atoms with Crippen LogP contribution in [0.5, 0.6) is 0 Å². The standard InChI is InChI=1S/C8H8N2O2/c9-8(12)6-1-2-7(3-4-11)10-5-6/h1-2,4-5H,3H2,(H2,9,12). The molecule has 12 heavy (non-hydrogen) atoms. The zero-order chi connectivity index (χ0) is 8.97. The van der Waals surface area contributed by atoms with Crippen LogP contribution in [0.2, 0.25) is 0 Å². The third-order valence-corrected chi connectivity index (χ3v) is 1.40. The maximum absolute atomic E-state index is 10.6. The summed E-state index contributed by atoms with van der Waals surface area (Å²) in [7, 11) is 0. The van der Waals surface area contributed by atoms with Crippen molar-refractivity contribution in [3.05, 3.63) is 29.6 Å². The lowest BCUT2D eigenvalue weighted by atomic mass is 10.2. The van der Waals surface area contributed by atoms with Crippen LogP contribution in [-0.2, 0) is 11.2 Å². The molecule has 0 fully saturated rings. The van der Waals surface area contributed by atoms with E-state index < -0.39 is 5.91 Å². The highest BCUT2D eigenvalue weighted by molar-refractivity contribution is 5.92. The molecular formula is C8H8N2O2. The van der Waals surface area contributed by atoms with Crippen LogP contribution in [0.3, 0.4) is 0 Å². The molecule has 4 heteroatoms. The summed E-state index contributed by atoms with van der Waals surface area (Å²) in [6.07, 6.45) is 2.38. The quantitative estimate of drug-likeness (QED) is 0.635. The fourth-order valence-electron chi connectivity index (χ4n) is 0.776. The number of hydrogen-bond donors (Lipinski definition) is 1. The fourth-order valence-corrected chi connectivity index (χ4v) is 0.776. The summed E-state index contributed by atoms with van der Waals surface area (Å²) < 4.78 is 0. The Morgan fingerprint density at radius 3 is 2.75 bits per heavy atom. The molecule has 0 aromatic carbocycles. The maximum Gasteiger partial charge on any atom is 0.250 e. The van der Waals surface area contributed by atoms with Gasteiger partial charge < -0.3 is 10.5 Å². The van der Waals surface area contributed by atoms with E-state index in [0.29, 0.717) is 11.3 Å². The second kappa shape index (κ2) is 3.61. The van der Waals surface area contributed by atoms with Gasteiger partial charge in [-0.15, -0.1) is 0 Å². The van der Waals surface area contributed by atoms with Crippen molar-refractivity contribution in [2.45, 2.75) is 6.42 Å². The van der Waals surface area contributed by atoms with E-state index in [1.807, 2.05) is 0 Å². The summed E-state index contributed by atoms with van der Waals surface area (Å²) in [4.78, 5) is 24.5. The van der Waals surface area contributed by atoms with Crippen LogP contribution in [0.25, 0.3) is 0 Å². The summed E-state index contributed by atoms with van der Waals surface area (Å²) in [5, 5.41) is 0. The zero-order valence-corrected chi connectivity index (χ0v) is 6.36. The Kier molecular flexibility index (Phi) is 2.53. The number of carbonyl (C=O) groups excluding carboxylic acids is 2. The molecular weight excluding hydrogens is 156 g/mol. The number of aromatic nitrogens is 1. The Hall–Kier alpha value is -1.71. The van der Waals surface area contributed by atoms with Gasteiger partial charge in [0.1, 0.15) is 6.29 Å². The minimum absolute atomic E-state index is 0.263. The molecule has 0 aliphatic heterocycles. The van der Waals surface area contributed by atoms with Crippen molar-refractivity contribution in [1.82, 2.24) is 4.98 Å². The van der Waals surface area contributed by atoms with Crippen molar-refractivity contribution < 1.29 is 9.59 Å². The van der Waals surface area contributed by atoms with E-state index in [0.717, 1.165) is 6.29 Å². The summed E-state index contributed by atoms with van der Waals surface area (Å²) in [5.41, 5.74) is 5.98. The smallest absolute Gasteiger partial charge is 0.250 e. The predicted octanol–water partition coefficient (Wildman–Crippen LogP) is -0.0781. The molecule has 0 aliphatic carbocycles. The van der Waals surface area contributed by atoms with Gasteiger partial charge in [0.25, 0.3) is 0 Å². The number of nitrogens with two attached hydrogens (primary N) is 1. The lowest BCUT2D eigenvalue weighted by molar-refractivity contribution is -0.107. The van der Waals surface area contributed by atoms with Crippen molar-refractivity contribution in [3.63, 3.8) is 0 Å². The minimum atomic E-state index is -0.514. The van der Waals surface area contributed by atoms with Crippen molar-refractivity contribution in [3.8, 4) is 0 Å². The van der Waals surface area contributed by atoms with Gasteiger partial charge in [-0.25, -0.2) is 0 Å². The van der Waals surface area contributed by atoms with Crippen molar-refractivity contribution in [1.29, 1.82) is 0 Å². The molecule has 0 saturated heterocycles. The first kappa shape index (κ1) is 8.39. The molecule has 0 saturated carbocycles. The average Bonchev–Trinajstić information content (AvgIpc) is 2.06. The lowest BCUT2D eigenvalue weighted by Gasteiger charge is -1.95. The Morgan fingerprint density at radius 1 is 1.58 bits per heavy atom. The van der Waals surface area contributed by atoms with E-state index in [2.05, 4.69) is 4.98 Å². The summed E-state index contributed by atoms with van der Waals surface area (Å²) in [6, 6.07) is 3.16. The molecule has 62 valence electrons. The number of rotatable bonds is 3. The molecule has 0 unspecified atom stereocenters. The molecule has 1 aromatic heterocycles. The average molecular weight is 164 g/mol. The molecule has 0 spiro atoms. The van der Waals surface area contributed by atoms with Crippen LogP contribution in [0.1, 0.15) is 16.1 Å². The Labute approximate surface area is 69.4 Å². The normalized spacial score (nSPS) is 9.33. The number of pyridine rings is 1. The van der Waals surface area contributed by atoms with Crippen LogP contribution in [0.4, 0.5) is 0 Å². The molecule has 1 aromatic rings. The van der Waals surface area contributed by atoms with Crippen LogP contribution in [0.15, 0.2) is 18.3 Å². The van der Waals surface area contributed by atoms with Gasteiger partial charge >= 0.3 is 0 Å². The Morgan fingerprint density at radius 2 is 2.33 bits per heavy atom. The molecule has 1 amide bonds. The molecule has 1 heterocycles. The van der Waals surface area contributed by atoms with E-state index >= 15 is 0 Å². The summed E-state index contributed by atoms with van der Waals surface area (Å²) in [5.74, 6) is -0.514. The first-order valence-corrected chi connectivity index (χ1v) is 3.42. The minimum Gasteiger partial charge on any atom is -0.366 e. The van der Waals surface area contributed by atoms with Gasteiger partial charge in [-0.2, -0.15) is 0 Å². The molecule has 0 bridgehead atoms. The van der Waals surface area contributed by atoms with Gasteiger partial charge in [0.2, 0.25) is 5.91 Å². The highest BCUT2D eigenvalue weighted by atomic mass is 16.1. The number of primary amides is 1. The number of amides is 1. The van der Waals surface area contributed by atoms with Gasteiger partial charge in [0.15, 0.2) is 0 Å². The molecule has 4 nitrogen and oxygen atoms in total. The van der Waals surface area contributed by atoms with Crippen LogP contribution >= 0.6 is 0 Å². The molecule has 2 N–H and O–H groups in total. The van der Waals surface area contributed by atoms with Crippen molar-refractivity contribution in [2.24, 2.45) is 5.73 Å². The van der Waals surface area contributed by atoms with Crippen LogP contribution in [-0.4, -0.2) is 17.2 Å². The molecule has 1 rings (SSSR count). The van der Waals surface area contributed by atoms with Crippen molar-refractivity contribution in [2.75, 3.05) is 0 Å². The largest absolute Gasteiger partial charge is 0.366 e. The van der Waals surface area contributed by atoms with Gasteiger partial charge in [-0.3, -0.25) is 9.78 Å². The number of hydrogen-bond acceptors (Lipinski definition) is 3. The molecule has 0 radical (unpaired) electrons. The maximum atomic E-state index is 10.6. The van der Waals surface area contributed by atoms with E-state index in [1.54, 1.807) is 12.1 Å². The van der Waals surface area contributed by atoms with E-state index in [1.165, 1.54) is 6.20 Å². The second-order valence-electron chi connectivity index (χ2n) is 2.27. The highest BCUT2D eigenvalue weighted by Gasteiger charge is 1.99. The predicted molar refractivity (Wildman–Crippen MR) is 42.5 cm³/mol. The Balaban J connectivity index is 2.85. The number of carbonyl (C=O) groups is 2. The van der Waals surface area contributed by atoms with Gasteiger partial charge in [-0.05, 0) is 12.1 Å². The first-order valence-electron chi connectivity index (χ1n) is 3.42. The molecule has 0 aliphatic rings. The second-order valence-corrected chi connectivity index (χ2v) is 2.27. The van der Waals surface area contributed by atoms with E-state index in [9.17, 15) is 9.59 Å². The topological polar surface area (TPSA) is 73.1 Å². The first-order chi connectivity index (χ1) is 5.74. The fraction of sp³-hybridized carbons (Fsp3) is 0.125. The zero-order valence-electron chi connectivity index (χ0n) is 6.36. The summed E-state index contributed by atoms with van der Waals surface area (Å²) >= 11 is 0. The van der Waals surface area contributed by atoms with E-state index in [-0.39, 0.29) is 6.42 Å². The van der Waals surface area contributed by atoms with Crippen LogP contribution < -0.4 is 5.73 Å². The summed E-state index contributed by atoms with van der Waals surface area (Å²) in [6.45, 7) is 0. The molecule has 0 atom stereocenters. The lowest BCUT2D eigenvalue weighted by Crippen LogP contribution is -2.11. The van der Waals surface area contributed by atoms with Gasteiger partial charge in [-0.1, -0.05) is 0 Å². The Bertz CT molecular complexity index is 292. The third-order valence-electron chi connectivity index (χ3n) is 1.40. The van der Waals surface area contributed by atoms with Crippen molar-refractivity contribution >= 4 is 12.2 Å². The third kappa shape index (κ3) is 1.88. The van der Waals surface area contributed by atoms with Gasteiger partial charge in [0.05, 0.1) is 5.56 Å². The van der Waals surface area contributed by atoms with Crippen LogP contribution in [0, 0.1) is 0 Å². The number of aldehydes is 1.